The van der Waals surface area contributed by atoms with E-state index in [1.807, 2.05) is 19.9 Å². The number of methoxy groups -OCH3 is 1. The largest absolute Gasteiger partial charge is 0.487 e. The maximum absolute atomic E-state index is 11.2. The molecule has 94 valence electrons. The van der Waals surface area contributed by atoms with Gasteiger partial charge in [0.05, 0.1) is 13.2 Å². The highest BCUT2D eigenvalue weighted by molar-refractivity contribution is 5.75. The molecule has 1 aromatic rings. The summed E-state index contributed by atoms with van der Waals surface area (Å²) in [7, 11) is 3.13. The van der Waals surface area contributed by atoms with Gasteiger partial charge in [-0.15, -0.1) is 0 Å². The third-order valence-electron chi connectivity index (χ3n) is 2.07. The van der Waals surface area contributed by atoms with Crippen molar-refractivity contribution in [3.8, 4) is 5.75 Å². The van der Waals surface area contributed by atoms with Gasteiger partial charge in [0.15, 0.2) is 11.6 Å². The smallest absolute Gasteiger partial charge is 0.325 e. The summed E-state index contributed by atoms with van der Waals surface area (Å²) >= 11 is 0. The highest BCUT2D eigenvalue weighted by atomic mass is 16.5. The summed E-state index contributed by atoms with van der Waals surface area (Å²) in [5, 5.41) is 0. The summed E-state index contributed by atoms with van der Waals surface area (Å²) in [6.45, 7) is 4.02. The Morgan fingerprint density at radius 1 is 1.53 bits per heavy atom. The van der Waals surface area contributed by atoms with Crippen LogP contribution in [0.4, 0.5) is 5.82 Å². The van der Waals surface area contributed by atoms with Crippen LogP contribution in [0.3, 0.4) is 0 Å². The normalized spacial score (nSPS) is 10.2. The lowest BCUT2D eigenvalue weighted by atomic mass is 10.3. The molecule has 0 aliphatic heterocycles. The van der Waals surface area contributed by atoms with Crippen molar-refractivity contribution in [2.45, 2.75) is 20.0 Å². The molecule has 5 heteroatoms. The molecule has 0 spiro atoms. The van der Waals surface area contributed by atoms with Crippen LogP contribution in [0.15, 0.2) is 18.3 Å². The minimum absolute atomic E-state index is 0.0597. The van der Waals surface area contributed by atoms with Crippen molar-refractivity contribution in [2.75, 3.05) is 25.6 Å². The van der Waals surface area contributed by atoms with Gasteiger partial charge >= 0.3 is 5.97 Å². The third kappa shape index (κ3) is 3.94. The van der Waals surface area contributed by atoms with Crippen molar-refractivity contribution in [3.05, 3.63) is 18.3 Å². The predicted octanol–water partition coefficient (Wildman–Crippen LogP) is 1.48. The number of carbonyl (C=O) groups is 1. The molecule has 1 aromatic heterocycles. The first-order chi connectivity index (χ1) is 8.04. The van der Waals surface area contributed by atoms with E-state index in [2.05, 4.69) is 9.72 Å². The topological polar surface area (TPSA) is 51.7 Å². The van der Waals surface area contributed by atoms with Gasteiger partial charge in [0.1, 0.15) is 6.54 Å². The fraction of sp³-hybridized carbons (Fsp3) is 0.500. The van der Waals surface area contributed by atoms with Crippen LogP contribution in [-0.2, 0) is 9.53 Å². The number of aromatic nitrogens is 1. The number of esters is 1. The number of ether oxygens (including phenoxy) is 2. The van der Waals surface area contributed by atoms with E-state index < -0.39 is 0 Å². The van der Waals surface area contributed by atoms with Gasteiger partial charge < -0.3 is 14.4 Å². The maximum Gasteiger partial charge on any atom is 0.325 e. The van der Waals surface area contributed by atoms with Crippen molar-refractivity contribution >= 4 is 11.8 Å². The van der Waals surface area contributed by atoms with Crippen LogP contribution < -0.4 is 9.64 Å². The standard InChI is InChI=1S/C12H18N2O3/c1-9(2)17-10-6-5-7-13-12(10)14(3)8-11(15)16-4/h5-7,9H,8H2,1-4H3. The molecule has 0 saturated carbocycles. The monoisotopic (exact) mass is 238 g/mol. The van der Waals surface area contributed by atoms with Gasteiger partial charge in [0, 0.05) is 13.2 Å². The van der Waals surface area contributed by atoms with E-state index >= 15 is 0 Å². The van der Waals surface area contributed by atoms with E-state index in [1.165, 1.54) is 7.11 Å². The molecule has 0 aliphatic carbocycles. The molecular weight excluding hydrogens is 220 g/mol. The molecule has 0 bridgehead atoms. The highest BCUT2D eigenvalue weighted by Crippen LogP contribution is 2.24. The van der Waals surface area contributed by atoms with Gasteiger partial charge in [0.25, 0.3) is 0 Å². The van der Waals surface area contributed by atoms with Gasteiger partial charge in [-0.25, -0.2) is 4.98 Å². The van der Waals surface area contributed by atoms with Gasteiger partial charge in [0.2, 0.25) is 0 Å². The van der Waals surface area contributed by atoms with E-state index in [1.54, 1.807) is 24.2 Å². The Morgan fingerprint density at radius 3 is 2.82 bits per heavy atom. The van der Waals surface area contributed by atoms with Crippen molar-refractivity contribution in [2.24, 2.45) is 0 Å². The van der Waals surface area contributed by atoms with Gasteiger partial charge in [-0.1, -0.05) is 0 Å². The molecule has 1 rings (SSSR count). The van der Waals surface area contributed by atoms with Gasteiger partial charge in [-0.2, -0.15) is 0 Å². The second-order valence-electron chi connectivity index (χ2n) is 3.92. The zero-order valence-electron chi connectivity index (χ0n) is 10.6. The first kappa shape index (κ1) is 13.3. The molecule has 1 heterocycles. The summed E-state index contributed by atoms with van der Waals surface area (Å²) in [6.07, 6.45) is 1.72. The highest BCUT2D eigenvalue weighted by Gasteiger charge is 2.14. The quantitative estimate of drug-likeness (QED) is 0.727. The van der Waals surface area contributed by atoms with Crippen LogP contribution in [0.2, 0.25) is 0 Å². The Morgan fingerprint density at radius 2 is 2.24 bits per heavy atom. The van der Waals surface area contributed by atoms with Crippen molar-refractivity contribution < 1.29 is 14.3 Å². The SMILES string of the molecule is COC(=O)CN(C)c1ncccc1OC(C)C. The number of carbonyl (C=O) groups excluding carboxylic acids is 1. The lowest BCUT2D eigenvalue weighted by Crippen LogP contribution is -2.27. The van der Waals surface area contributed by atoms with Crippen molar-refractivity contribution in [1.82, 2.24) is 4.98 Å². The van der Waals surface area contributed by atoms with Crippen LogP contribution in [-0.4, -0.2) is 37.8 Å². The number of pyridine rings is 1. The summed E-state index contributed by atoms with van der Waals surface area (Å²) in [6, 6.07) is 3.63. The van der Waals surface area contributed by atoms with Crippen molar-refractivity contribution in [1.29, 1.82) is 0 Å². The Kier molecular flexibility index (Phi) is 4.75. The van der Waals surface area contributed by atoms with Crippen LogP contribution >= 0.6 is 0 Å². The van der Waals surface area contributed by atoms with Gasteiger partial charge in [-0.05, 0) is 26.0 Å². The zero-order valence-corrected chi connectivity index (χ0v) is 10.6. The minimum atomic E-state index is -0.311. The van der Waals surface area contributed by atoms with Crippen molar-refractivity contribution in [3.63, 3.8) is 0 Å². The Hall–Kier alpha value is -1.78. The molecule has 0 saturated heterocycles. The van der Waals surface area contributed by atoms with Crippen LogP contribution in [0.5, 0.6) is 5.75 Å². The lowest BCUT2D eigenvalue weighted by molar-refractivity contribution is -0.138. The predicted molar refractivity (Wildman–Crippen MR) is 65.3 cm³/mol. The van der Waals surface area contributed by atoms with E-state index in [0.717, 1.165) is 0 Å². The average molecular weight is 238 g/mol. The fourth-order valence-electron chi connectivity index (χ4n) is 1.35. The molecule has 0 unspecified atom stereocenters. The average Bonchev–Trinajstić information content (AvgIpc) is 2.28. The molecule has 17 heavy (non-hydrogen) atoms. The number of anilines is 1. The molecule has 0 aromatic carbocycles. The third-order valence-corrected chi connectivity index (χ3v) is 2.07. The van der Waals surface area contributed by atoms with Gasteiger partial charge in [-0.3, -0.25) is 4.79 Å². The first-order valence-electron chi connectivity index (χ1n) is 5.44. The van der Waals surface area contributed by atoms with E-state index in [4.69, 9.17) is 4.74 Å². The summed E-state index contributed by atoms with van der Waals surface area (Å²) in [5.41, 5.74) is 0. The Bertz CT molecular complexity index is 380. The maximum atomic E-state index is 11.2. The second kappa shape index (κ2) is 6.08. The molecule has 0 fully saturated rings. The summed E-state index contributed by atoms with van der Waals surface area (Å²) < 4.78 is 10.2. The van der Waals surface area contributed by atoms with E-state index in [9.17, 15) is 4.79 Å². The number of hydrogen-bond donors (Lipinski definition) is 0. The Balaban J connectivity index is 2.84. The molecule has 0 atom stereocenters. The first-order valence-corrected chi connectivity index (χ1v) is 5.44. The van der Waals surface area contributed by atoms with E-state index in [-0.39, 0.29) is 18.6 Å². The molecular formula is C12H18N2O3. The summed E-state index contributed by atoms with van der Waals surface area (Å²) in [4.78, 5) is 17.1. The van der Waals surface area contributed by atoms with Crippen LogP contribution in [0.1, 0.15) is 13.8 Å². The molecule has 0 amide bonds. The lowest BCUT2D eigenvalue weighted by Gasteiger charge is -2.20. The van der Waals surface area contributed by atoms with E-state index in [0.29, 0.717) is 11.6 Å². The summed E-state index contributed by atoms with van der Waals surface area (Å²) in [5.74, 6) is 0.981. The minimum Gasteiger partial charge on any atom is -0.487 e. The number of rotatable bonds is 5. The molecule has 0 radical (unpaired) electrons. The molecule has 5 nitrogen and oxygen atoms in total. The fourth-order valence-corrected chi connectivity index (χ4v) is 1.35. The Labute approximate surface area is 101 Å². The second-order valence-corrected chi connectivity index (χ2v) is 3.92. The van der Waals surface area contributed by atoms with Crippen LogP contribution in [0.25, 0.3) is 0 Å². The molecule has 0 aliphatic rings. The number of likely N-dealkylation sites (N-methyl/N-ethyl adjacent to an activating group) is 1. The number of nitrogens with zero attached hydrogens (tertiary/aromatic N) is 2. The zero-order chi connectivity index (χ0) is 12.8. The molecule has 0 N–H and O–H groups in total. The van der Waals surface area contributed by atoms with Crippen LogP contribution in [0, 0.1) is 0 Å². The number of hydrogen-bond acceptors (Lipinski definition) is 5.